The van der Waals surface area contributed by atoms with Crippen LogP contribution in [0.2, 0.25) is 0 Å². The van der Waals surface area contributed by atoms with Gasteiger partial charge < -0.3 is 4.90 Å². The molecular formula is C10H13BrN6O2S2. The summed E-state index contributed by atoms with van der Waals surface area (Å²) in [5, 5.41) is 10.4. The molecule has 1 aliphatic rings. The molecule has 0 aromatic carbocycles. The van der Waals surface area contributed by atoms with Crippen LogP contribution in [0.3, 0.4) is 0 Å². The van der Waals surface area contributed by atoms with Crippen LogP contribution < -0.4 is 4.90 Å². The summed E-state index contributed by atoms with van der Waals surface area (Å²) < 4.78 is 28.3. The third kappa shape index (κ3) is 2.70. The predicted molar refractivity (Wildman–Crippen MR) is 81.8 cm³/mol. The Morgan fingerprint density at radius 2 is 2.00 bits per heavy atom. The van der Waals surface area contributed by atoms with Crippen molar-refractivity contribution in [3.05, 3.63) is 16.2 Å². The molecule has 21 heavy (non-hydrogen) atoms. The summed E-state index contributed by atoms with van der Waals surface area (Å²) in [6, 6.07) is 0. The zero-order valence-electron chi connectivity index (χ0n) is 11.2. The highest BCUT2D eigenvalue weighted by molar-refractivity contribution is 9.10. The van der Waals surface area contributed by atoms with E-state index in [1.54, 1.807) is 24.6 Å². The molecule has 1 saturated heterocycles. The van der Waals surface area contributed by atoms with Crippen LogP contribution in [0.5, 0.6) is 0 Å². The van der Waals surface area contributed by atoms with Gasteiger partial charge in [-0.2, -0.15) is 4.31 Å². The third-order valence-corrected chi connectivity index (χ3v) is 6.87. The zero-order valence-corrected chi connectivity index (χ0v) is 14.4. The average Bonchev–Trinajstić information content (AvgIpc) is 3.09. The molecule has 8 nitrogen and oxygen atoms in total. The molecule has 1 aliphatic heterocycles. The third-order valence-electron chi connectivity index (χ3n) is 3.25. The van der Waals surface area contributed by atoms with Crippen molar-refractivity contribution in [1.82, 2.24) is 24.3 Å². The van der Waals surface area contributed by atoms with Crippen molar-refractivity contribution in [2.45, 2.75) is 5.03 Å². The lowest BCUT2D eigenvalue weighted by molar-refractivity contribution is 0.380. The molecule has 0 amide bonds. The zero-order chi connectivity index (χ0) is 15.0. The summed E-state index contributed by atoms with van der Waals surface area (Å²) in [6.07, 6.45) is 1.75. The van der Waals surface area contributed by atoms with Gasteiger partial charge in [-0.05, 0) is 15.9 Å². The molecule has 1 fully saturated rings. The maximum Gasteiger partial charge on any atom is 0.263 e. The number of sulfonamides is 1. The van der Waals surface area contributed by atoms with Crippen molar-refractivity contribution in [2.24, 2.45) is 7.05 Å². The van der Waals surface area contributed by atoms with Gasteiger partial charge in [0.25, 0.3) is 10.0 Å². The highest BCUT2D eigenvalue weighted by atomic mass is 79.9. The number of halogens is 1. The van der Waals surface area contributed by atoms with Crippen LogP contribution in [-0.2, 0) is 17.1 Å². The normalized spacial score (nSPS) is 17.3. The molecule has 11 heteroatoms. The van der Waals surface area contributed by atoms with Gasteiger partial charge in [0, 0.05) is 44.8 Å². The van der Waals surface area contributed by atoms with Crippen LogP contribution in [0.25, 0.3) is 0 Å². The molecule has 0 aliphatic carbocycles. The van der Waals surface area contributed by atoms with Gasteiger partial charge in [-0.25, -0.2) is 18.1 Å². The maximum absolute atomic E-state index is 12.6. The standard InChI is InChI=1S/C10H13BrN6O2S2/c1-15-9(8(11)13-14-15)21(18,19)17-5-3-16(4-6-17)10-12-2-7-20-10/h2,7H,3-6H2,1H3. The molecule has 3 heterocycles. The minimum atomic E-state index is -3.59. The number of piperazine rings is 1. The lowest BCUT2D eigenvalue weighted by Gasteiger charge is -2.33. The van der Waals surface area contributed by atoms with Gasteiger partial charge in [0.15, 0.2) is 9.73 Å². The first-order valence-electron chi connectivity index (χ1n) is 6.20. The SMILES string of the molecule is Cn1nnc(Br)c1S(=O)(=O)N1CCN(c2nccs2)CC1. The second kappa shape index (κ2) is 5.63. The fourth-order valence-corrected chi connectivity index (χ4v) is 5.36. The number of hydrogen-bond acceptors (Lipinski definition) is 7. The quantitative estimate of drug-likeness (QED) is 0.757. The summed E-state index contributed by atoms with van der Waals surface area (Å²) >= 11 is 4.70. The summed E-state index contributed by atoms with van der Waals surface area (Å²) in [5.74, 6) is 0. The van der Waals surface area contributed by atoms with Crippen molar-refractivity contribution in [1.29, 1.82) is 0 Å². The van der Waals surface area contributed by atoms with Crippen LogP contribution in [0, 0.1) is 0 Å². The molecule has 114 valence electrons. The first kappa shape index (κ1) is 14.9. The topological polar surface area (TPSA) is 84.2 Å². The second-order valence-electron chi connectivity index (χ2n) is 4.51. The van der Waals surface area contributed by atoms with Gasteiger partial charge in [-0.3, -0.25) is 0 Å². The fraction of sp³-hybridized carbons (Fsp3) is 0.500. The Morgan fingerprint density at radius 3 is 2.52 bits per heavy atom. The molecule has 0 bridgehead atoms. The monoisotopic (exact) mass is 392 g/mol. The molecule has 0 spiro atoms. The maximum atomic E-state index is 12.6. The van der Waals surface area contributed by atoms with E-state index < -0.39 is 10.0 Å². The molecule has 2 aromatic rings. The second-order valence-corrected chi connectivity index (χ2v) is 7.99. The van der Waals surface area contributed by atoms with Gasteiger partial charge in [0.1, 0.15) is 0 Å². The number of hydrogen-bond donors (Lipinski definition) is 0. The van der Waals surface area contributed by atoms with E-state index in [9.17, 15) is 8.42 Å². The molecule has 0 saturated carbocycles. The van der Waals surface area contributed by atoms with E-state index in [0.717, 1.165) is 5.13 Å². The molecule has 3 rings (SSSR count). The number of aromatic nitrogens is 4. The van der Waals surface area contributed by atoms with Gasteiger partial charge in [0.2, 0.25) is 5.03 Å². The Kier molecular flexibility index (Phi) is 3.99. The van der Waals surface area contributed by atoms with Crippen molar-refractivity contribution in [2.75, 3.05) is 31.1 Å². The highest BCUT2D eigenvalue weighted by Gasteiger charge is 2.33. The minimum absolute atomic E-state index is 0.0881. The summed E-state index contributed by atoms with van der Waals surface area (Å²) in [5.41, 5.74) is 0. The van der Waals surface area contributed by atoms with Crippen molar-refractivity contribution < 1.29 is 8.42 Å². The Bertz CT molecular complexity index is 701. The van der Waals surface area contributed by atoms with E-state index in [2.05, 4.69) is 36.1 Å². The minimum Gasteiger partial charge on any atom is -0.345 e. The lowest BCUT2D eigenvalue weighted by Crippen LogP contribution is -2.49. The molecule has 0 atom stereocenters. The van der Waals surface area contributed by atoms with Crippen LogP contribution in [0.1, 0.15) is 0 Å². The first-order valence-corrected chi connectivity index (χ1v) is 9.31. The van der Waals surface area contributed by atoms with Crippen LogP contribution >= 0.6 is 27.3 Å². The lowest BCUT2D eigenvalue weighted by atomic mass is 10.4. The van der Waals surface area contributed by atoms with E-state index >= 15 is 0 Å². The Labute approximate surface area is 134 Å². The van der Waals surface area contributed by atoms with E-state index in [1.807, 2.05) is 5.38 Å². The molecule has 2 aromatic heterocycles. The number of aryl methyl sites for hydroxylation is 1. The Hall–Kier alpha value is -1.04. The largest absolute Gasteiger partial charge is 0.345 e. The number of thiazole rings is 1. The smallest absolute Gasteiger partial charge is 0.263 e. The molecular weight excluding hydrogens is 380 g/mol. The summed E-state index contributed by atoms with van der Waals surface area (Å²) in [6.45, 7) is 2.07. The first-order chi connectivity index (χ1) is 10.00. The van der Waals surface area contributed by atoms with Crippen molar-refractivity contribution in [3.8, 4) is 0 Å². The van der Waals surface area contributed by atoms with E-state index in [0.29, 0.717) is 26.2 Å². The molecule has 0 unspecified atom stereocenters. The van der Waals surface area contributed by atoms with Gasteiger partial charge >= 0.3 is 0 Å². The number of nitrogens with zero attached hydrogens (tertiary/aromatic N) is 6. The van der Waals surface area contributed by atoms with Gasteiger partial charge in [0.05, 0.1) is 0 Å². The molecule has 0 radical (unpaired) electrons. The van der Waals surface area contributed by atoms with Gasteiger partial charge in [-0.1, -0.05) is 5.21 Å². The van der Waals surface area contributed by atoms with E-state index in [-0.39, 0.29) is 9.63 Å². The molecule has 0 N–H and O–H groups in total. The van der Waals surface area contributed by atoms with Crippen LogP contribution in [0.15, 0.2) is 21.2 Å². The van der Waals surface area contributed by atoms with E-state index in [1.165, 1.54) is 8.99 Å². The summed E-state index contributed by atoms with van der Waals surface area (Å²) in [7, 11) is -2.03. The Morgan fingerprint density at radius 1 is 1.29 bits per heavy atom. The van der Waals surface area contributed by atoms with Crippen molar-refractivity contribution >= 4 is 42.4 Å². The fourth-order valence-electron chi connectivity index (χ4n) is 2.21. The van der Waals surface area contributed by atoms with E-state index in [4.69, 9.17) is 0 Å². The van der Waals surface area contributed by atoms with Gasteiger partial charge in [-0.15, -0.1) is 16.4 Å². The number of anilines is 1. The Balaban J connectivity index is 1.77. The average molecular weight is 393 g/mol. The summed E-state index contributed by atoms with van der Waals surface area (Å²) in [4.78, 5) is 6.34. The van der Waals surface area contributed by atoms with Crippen LogP contribution in [0.4, 0.5) is 5.13 Å². The highest BCUT2D eigenvalue weighted by Crippen LogP contribution is 2.25. The van der Waals surface area contributed by atoms with Crippen molar-refractivity contribution in [3.63, 3.8) is 0 Å². The van der Waals surface area contributed by atoms with Crippen LogP contribution in [-0.4, -0.2) is 58.9 Å². The number of rotatable bonds is 3. The predicted octanol–water partition coefficient (Wildman–Crippen LogP) is 0.545.